The Morgan fingerprint density at radius 2 is 2.12 bits per heavy atom. The summed E-state index contributed by atoms with van der Waals surface area (Å²) in [4.78, 5) is 14.7. The van der Waals surface area contributed by atoms with Crippen molar-refractivity contribution in [2.45, 2.75) is 59.9 Å². The van der Waals surface area contributed by atoms with E-state index in [9.17, 15) is 4.79 Å². The second-order valence-electron chi connectivity index (χ2n) is 7.63. The van der Waals surface area contributed by atoms with E-state index in [1.807, 2.05) is 7.05 Å². The van der Waals surface area contributed by atoms with E-state index >= 15 is 0 Å². The fourth-order valence-electron chi connectivity index (χ4n) is 3.76. The molecule has 1 amide bonds. The van der Waals surface area contributed by atoms with Gasteiger partial charge in [0.05, 0.1) is 5.69 Å². The second-order valence-corrected chi connectivity index (χ2v) is 7.63. The number of aromatic nitrogens is 2. The lowest BCUT2D eigenvalue weighted by atomic mass is 9.97. The van der Waals surface area contributed by atoms with Gasteiger partial charge in [-0.05, 0) is 64.1 Å². The number of hydrogen-bond donors (Lipinski definition) is 1. The zero-order valence-electron chi connectivity index (χ0n) is 16.1. The molecule has 2 rings (SSSR count). The van der Waals surface area contributed by atoms with E-state index < -0.39 is 0 Å². The fraction of sp³-hybridized carbons (Fsp3) is 0.789. The molecule has 2 heterocycles. The summed E-state index contributed by atoms with van der Waals surface area (Å²) >= 11 is 0. The minimum Gasteiger partial charge on any atom is -0.342 e. The van der Waals surface area contributed by atoms with Gasteiger partial charge in [0.15, 0.2) is 0 Å². The van der Waals surface area contributed by atoms with Crippen LogP contribution in [0.25, 0.3) is 0 Å². The molecule has 0 radical (unpaired) electrons. The number of carbonyl (C=O) groups is 1. The summed E-state index contributed by atoms with van der Waals surface area (Å²) in [6, 6.07) is 0. The lowest BCUT2D eigenvalue weighted by molar-refractivity contribution is -0.132. The third-order valence-corrected chi connectivity index (χ3v) is 5.02. The first-order valence-corrected chi connectivity index (χ1v) is 9.37. The van der Waals surface area contributed by atoms with Gasteiger partial charge in [-0.3, -0.25) is 9.48 Å². The number of aryl methyl sites for hydroxylation is 1. The number of nitrogens with zero attached hydrogens (tertiary/aromatic N) is 3. The van der Waals surface area contributed by atoms with Gasteiger partial charge < -0.3 is 10.2 Å². The maximum Gasteiger partial charge on any atom is 0.222 e. The lowest BCUT2D eigenvalue weighted by Crippen LogP contribution is -2.42. The number of piperidine rings is 1. The lowest BCUT2D eigenvalue weighted by Gasteiger charge is -2.32. The van der Waals surface area contributed by atoms with Crippen LogP contribution in [0.1, 0.15) is 50.1 Å². The van der Waals surface area contributed by atoms with Crippen LogP contribution < -0.4 is 5.32 Å². The van der Waals surface area contributed by atoms with E-state index in [4.69, 9.17) is 0 Å². The largest absolute Gasteiger partial charge is 0.342 e. The highest BCUT2D eigenvalue weighted by Crippen LogP contribution is 2.20. The maximum absolute atomic E-state index is 12.6. The van der Waals surface area contributed by atoms with Crippen molar-refractivity contribution in [3.8, 4) is 0 Å². The number of hydrogen-bond acceptors (Lipinski definition) is 3. The van der Waals surface area contributed by atoms with Crippen LogP contribution in [0.4, 0.5) is 0 Å². The van der Waals surface area contributed by atoms with E-state index in [1.54, 1.807) is 0 Å². The van der Waals surface area contributed by atoms with Crippen molar-refractivity contribution in [2.75, 3.05) is 26.7 Å². The van der Waals surface area contributed by atoms with Crippen LogP contribution in [-0.4, -0.2) is 47.3 Å². The van der Waals surface area contributed by atoms with Gasteiger partial charge in [0.2, 0.25) is 5.91 Å². The molecular formula is C19H34N4O. The maximum atomic E-state index is 12.6. The first-order valence-electron chi connectivity index (χ1n) is 9.37. The number of carbonyl (C=O) groups excluding carboxylic acids is 1. The smallest absolute Gasteiger partial charge is 0.222 e. The van der Waals surface area contributed by atoms with Gasteiger partial charge in [0.1, 0.15) is 0 Å². The summed E-state index contributed by atoms with van der Waals surface area (Å²) in [6.45, 7) is 12.4. The van der Waals surface area contributed by atoms with Gasteiger partial charge in [0, 0.05) is 31.7 Å². The molecule has 0 bridgehead atoms. The van der Waals surface area contributed by atoms with Crippen LogP contribution in [0, 0.1) is 25.7 Å². The van der Waals surface area contributed by atoms with Crippen molar-refractivity contribution in [3.63, 3.8) is 0 Å². The van der Waals surface area contributed by atoms with Gasteiger partial charge in [-0.2, -0.15) is 5.10 Å². The van der Waals surface area contributed by atoms with Crippen molar-refractivity contribution >= 4 is 5.91 Å². The molecular weight excluding hydrogens is 300 g/mol. The Bertz CT molecular complexity index is 548. The molecule has 0 unspecified atom stereocenters. The predicted octanol–water partition coefficient (Wildman–Crippen LogP) is 2.55. The minimum absolute atomic E-state index is 0.297. The van der Waals surface area contributed by atoms with Crippen LogP contribution in [0.15, 0.2) is 0 Å². The molecule has 1 aliphatic rings. The van der Waals surface area contributed by atoms with Gasteiger partial charge in [0.25, 0.3) is 0 Å². The molecule has 5 heteroatoms. The summed E-state index contributed by atoms with van der Waals surface area (Å²) < 4.78 is 2.10. The molecule has 1 fully saturated rings. The van der Waals surface area contributed by atoms with Crippen LogP contribution in [-0.2, 0) is 17.8 Å². The molecule has 1 atom stereocenters. The van der Waals surface area contributed by atoms with Gasteiger partial charge in [-0.1, -0.05) is 13.8 Å². The molecule has 1 N–H and O–H groups in total. The molecule has 1 saturated heterocycles. The Balaban J connectivity index is 1.93. The average Bonchev–Trinajstić information content (AvgIpc) is 2.79. The summed E-state index contributed by atoms with van der Waals surface area (Å²) in [6.07, 6.45) is 3.76. The highest BCUT2D eigenvalue weighted by Gasteiger charge is 2.23. The van der Waals surface area contributed by atoms with Crippen LogP contribution in [0.2, 0.25) is 0 Å². The summed E-state index contributed by atoms with van der Waals surface area (Å²) in [7, 11) is 1.99. The first-order chi connectivity index (χ1) is 11.4. The zero-order valence-corrected chi connectivity index (χ0v) is 16.1. The Morgan fingerprint density at radius 1 is 1.38 bits per heavy atom. The van der Waals surface area contributed by atoms with Gasteiger partial charge >= 0.3 is 0 Å². The normalized spacial score (nSPS) is 18.4. The van der Waals surface area contributed by atoms with E-state index in [-0.39, 0.29) is 0 Å². The van der Waals surface area contributed by atoms with E-state index in [1.165, 1.54) is 17.7 Å². The molecule has 0 aromatic carbocycles. The van der Waals surface area contributed by atoms with E-state index in [0.717, 1.165) is 44.7 Å². The van der Waals surface area contributed by atoms with Crippen molar-refractivity contribution < 1.29 is 4.79 Å². The molecule has 1 aromatic rings. The van der Waals surface area contributed by atoms with Gasteiger partial charge in [-0.15, -0.1) is 0 Å². The molecule has 0 aliphatic carbocycles. The number of likely N-dealkylation sites (tertiary alicyclic amines) is 1. The molecule has 0 spiro atoms. The fourth-order valence-corrected chi connectivity index (χ4v) is 3.76. The molecule has 1 aliphatic heterocycles. The van der Waals surface area contributed by atoms with Crippen LogP contribution in [0.5, 0.6) is 0 Å². The van der Waals surface area contributed by atoms with Crippen LogP contribution in [0.3, 0.4) is 0 Å². The zero-order chi connectivity index (χ0) is 17.7. The Hall–Kier alpha value is -1.36. The van der Waals surface area contributed by atoms with Crippen molar-refractivity contribution in [1.82, 2.24) is 20.0 Å². The van der Waals surface area contributed by atoms with Crippen molar-refractivity contribution in [3.05, 3.63) is 17.0 Å². The van der Waals surface area contributed by atoms with E-state index in [0.29, 0.717) is 24.2 Å². The van der Waals surface area contributed by atoms with Crippen molar-refractivity contribution in [1.29, 1.82) is 0 Å². The highest BCUT2D eigenvalue weighted by molar-refractivity contribution is 5.76. The van der Waals surface area contributed by atoms with Crippen LogP contribution >= 0.6 is 0 Å². The number of rotatable bonds is 7. The molecule has 1 aromatic heterocycles. The second kappa shape index (κ2) is 8.65. The molecule has 136 valence electrons. The molecule has 5 nitrogen and oxygen atoms in total. The summed E-state index contributed by atoms with van der Waals surface area (Å²) in [5, 5.41) is 7.90. The number of nitrogens with one attached hydrogen (secondary N) is 1. The Labute approximate surface area is 146 Å². The Morgan fingerprint density at radius 3 is 2.79 bits per heavy atom. The third kappa shape index (κ3) is 4.82. The summed E-state index contributed by atoms with van der Waals surface area (Å²) in [5.74, 6) is 1.48. The highest BCUT2D eigenvalue weighted by atomic mass is 16.2. The first kappa shape index (κ1) is 19.0. The third-order valence-electron chi connectivity index (χ3n) is 5.02. The van der Waals surface area contributed by atoms with Crippen molar-refractivity contribution in [2.24, 2.45) is 11.8 Å². The topological polar surface area (TPSA) is 50.2 Å². The standard InChI is InChI=1S/C19H34N4O/c1-14(2)12-23-16(4)18(15(3)21-23)8-9-19(24)22-10-6-7-17(13-22)11-20-5/h14,17,20H,6-13H2,1-5H3/t17-/m0/s1. The Kier molecular flexibility index (Phi) is 6.84. The predicted molar refractivity (Wildman–Crippen MR) is 98.1 cm³/mol. The summed E-state index contributed by atoms with van der Waals surface area (Å²) in [5.41, 5.74) is 3.56. The quantitative estimate of drug-likeness (QED) is 0.834. The molecule has 24 heavy (non-hydrogen) atoms. The van der Waals surface area contributed by atoms with E-state index in [2.05, 4.69) is 47.7 Å². The minimum atomic E-state index is 0.297. The monoisotopic (exact) mass is 334 g/mol. The SMILES string of the molecule is CNC[C@@H]1CCCN(C(=O)CCc2c(C)nn(CC(C)C)c2C)C1. The molecule has 0 saturated carbocycles. The van der Waals surface area contributed by atoms with Gasteiger partial charge in [-0.25, -0.2) is 0 Å². The average molecular weight is 335 g/mol. The number of amides is 1.